The van der Waals surface area contributed by atoms with Crippen LogP contribution < -0.4 is 4.74 Å². The minimum atomic E-state index is -0.391. The monoisotopic (exact) mass is 284 g/mol. The van der Waals surface area contributed by atoms with Gasteiger partial charge in [0.1, 0.15) is 22.8 Å². The van der Waals surface area contributed by atoms with Gasteiger partial charge in [0, 0.05) is 5.92 Å². The van der Waals surface area contributed by atoms with Crippen LogP contribution in [0, 0.1) is 5.92 Å². The van der Waals surface area contributed by atoms with Gasteiger partial charge in [-0.1, -0.05) is 26.0 Å². The second-order valence-corrected chi connectivity index (χ2v) is 5.79. The van der Waals surface area contributed by atoms with Crippen LogP contribution in [0.2, 0.25) is 0 Å². The Morgan fingerprint density at radius 1 is 1.10 bits per heavy atom. The fourth-order valence-electron chi connectivity index (χ4n) is 3.33. The molecule has 3 heteroatoms. The average molecular weight is 284 g/mol. The van der Waals surface area contributed by atoms with Gasteiger partial charge in [-0.25, -0.2) is 0 Å². The lowest BCUT2D eigenvalue weighted by Gasteiger charge is -2.43. The maximum absolute atomic E-state index is 9.63. The largest absolute Gasteiger partial charge is 0.508 e. The summed E-state index contributed by atoms with van der Waals surface area (Å²) in [5, 5.41) is 19.1. The molecule has 0 radical (unpaired) electrons. The number of benzene rings is 2. The molecule has 1 heterocycles. The summed E-state index contributed by atoms with van der Waals surface area (Å²) in [7, 11) is 0. The summed E-state index contributed by atoms with van der Waals surface area (Å²) in [4.78, 5) is 0. The van der Waals surface area contributed by atoms with Crippen LogP contribution in [0.15, 0.2) is 42.5 Å². The number of phenolic OH excluding ortho intramolecular Hbond substituents is 2. The van der Waals surface area contributed by atoms with Crippen molar-refractivity contribution in [3.63, 3.8) is 0 Å². The normalized spacial score (nSPS) is 24.2. The van der Waals surface area contributed by atoms with Crippen LogP contribution in [0.3, 0.4) is 0 Å². The molecule has 0 amide bonds. The van der Waals surface area contributed by atoms with Gasteiger partial charge in [0.15, 0.2) is 0 Å². The minimum absolute atomic E-state index is 0.263. The van der Waals surface area contributed by atoms with Gasteiger partial charge in [-0.3, -0.25) is 0 Å². The van der Waals surface area contributed by atoms with Crippen molar-refractivity contribution in [3.05, 3.63) is 53.6 Å². The first kappa shape index (κ1) is 13.8. The second-order valence-electron chi connectivity index (χ2n) is 5.79. The van der Waals surface area contributed by atoms with E-state index in [1.54, 1.807) is 24.3 Å². The number of phenols is 2. The summed E-state index contributed by atoms with van der Waals surface area (Å²) in [6.45, 7) is 4.29. The molecule has 0 spiro atoms. The van der Waals surface area contributed by atoms with Gasteiger partial charge in [-0.15, -0.1) is 0 Å². The van der Waals surface area contributed by atoms with Crippen molar-refractivity contribution in [2.75, 3.05) is 0 Å². The first-order valence-corrected chi connectivity index (χ1v) is 7.35. The number of rotatable bonds is 2. The number of aromatic hydroxyl groups is 2. The highest BCUT2D eigenvalue weighted by molar-refractivity contribution is 5.44. The van der Waals surface area contributed by atoms with Crippen LogP contribution in [0.4, 0.5) is 0 Å². The Hall–Kier alpha value is -2.16. The molecule has 0 aromatic heterocycles. The van der Waals surface area contributed by atoms with E-state index in [4.69, 9.17) is 4.74 Å². The lowest BCUT2D eigenvalue weighted by Crippen LogP contribution is -2.43. The van der Waals surface area contributed by atoms with Gasteiger partial charge in [-0.2, -0.15) is 0 Å². The molecule has 0 bridgehead atoms. The zero-order valence-electron chi connectivity index (χ0n) is 12.3. The van der Waals surface area contributed by atoms with Gasteiger partial charge in [0.25, 0.3) is 0 Å². The molecule has 2 atom stereocenters. The highest BCUT2D eigenvalue weighted by atomic mass is 16.5. The van der Waals surface area contributed by atoms with E-state index in [0.717, 1.165) is 29.7 Å². The van der Waals surface area contributed by atoms with E-state index in [-0.39, 0.29) is 17.4 Å². The third kappa shape index (κ3) is 2.23. The average Bonchev–Trinajstić information content (AvgIpc) is 2.47. The molecule has 2 aromatic rings. The third-order valence-electron chi connectivity index (χ3n) is 4.54. The standard InChI is InChI=1S/C18H20O3/c1-3-18(14-4-6-15(19)7-5-14)12(2)10-13-11-16(20)8-9-17(13)21-18/h4-9,11-12,19-20H,3,10H2,1-2H3/t12-,18-/m0/s1. The van der Waals surface area contributed by atoms with Crippen molar-refractivity contribution in [2.45, 2.75) is 32.3 Å². The third-order valence-corrected chi connectivity index (χ3v) is 4.54. The van der Waals surface area contributed by atoms with Crippen molar-refractivity contribution in [1.29, 1.82) is 0 Å². The van der Waals surface area contributed by atoms with E-state index in [1.807, 2.05) is 18.2 Å². The van der Waals surface area contributed by atoms with Crippen LogP contribution in [0.1, 0.15) is 31.4 Å². The van der Waals surface area contributed by atoms with E-state index >= 15 is 0 Å². The number of hydrogen-bond acceptors (Lipinski definition) is 3. The summed E-state index contributed by atoms with van der Waals surface area (Å²) < 4.78 is 6.37. The highest BCUT2D eigenvalue weighted by Gasteiger charge is 2.42. The topological polar surface area (TPSA) is 49.7 Å². The number of ether oxygens (including phenoxy) is 1. The quantitative estimate of drug-likeness (QED) is 0.877. The smallest absolute Gasteiger partial charge is 0.137 e. The van der Waals surface area contributed by atoms with Crippen LogP contribution in [0.5, 0.6) is 17.2 Å². The van der Waals surface area contributed by atoms with E-state index in [9.17, 15) is 10.2 Å². The molecule has 0 fully saturated rings. The van der Waals surface area contributed by atoms with Crippen molar-refractivity contribution >= 4 is 0 Å². The Labute approximate surface area is 124 Å². The van der Waals surface area contributed by atoms with Crippen molar-refractivity contribution in [2.24, 2.45) is 5.92 Å². The molecule has 21 heavy (non-hydrogen) atoms. The van der Waals surface area contributed by atoms with Crippen molar-refractivity contribution < 1.29 is 14.9 Å². The predicted octanol–water partition coefficient (Wildman–Crippen LogP) is 3.97. The molecule has 2 aromatic carbocycles. The van der Waals surface area contributed by atoms with Crippen LogP contribution in [-0.4, -0.2) is 10.2 Å². The maximum Gasteiger partial charge on any atom is 0.137 e. The van der Waals surface area contributed by atoms with Gasteiger partial charge >= 0.3 is 0 Å². The fourth-order valence-corrected chi connectivity index (χ4v) is 3.33. The van der Waals surface area contributed by atoms with E-state index in [0.29, 0.717) is 0 Å². The highest BCUT2D eigenvalue weighted by Crippen LogP contribution is 2.46. The molecule has 0 saturated carbocycles. The summed E-state index contributed by atoms with van der Waals surface area (Å²) >= 11 is 0. The molecular formula is C18H20O3. The van der Waals surface area contributed by atoms with Crippen LogP contribution in [0.25, 0.3) is 0 Å². The molecule has 1 aliphatic heterocycles. The fraction of sp³-hybridized carbons (Fsp3) is 0.333. The molecule has 0 unspecified atom stereocenters. The molecule has 2 N–H and O–H groups in total. The van der Waals surface area contributed by atoms with Crippen molar-refractivity contribution in [3.8, 4) is 17.2 Å². The Bertz CT molecular complexity index is 648. The lowest BCUT2D eigenvalue weighted by atomic mass is 9.75. The summed E-state index contributed by atoms with van der Waals surface area (Å²) in [5.74, 6) is 1.65. The molecule has 0 saturated heterocycles. The van der Waals surface area contributed by atoms with E-state index < -0.39 is 5.60 Å². The molecule has 110 valence electrons. The molecule has 3 rings (SSSR count). The molecular weight excluding hydrogens is 264 g/mol. The number of hydrogen-bond donors (Lipinski definition) is 2. The molecule has 1 aliphatic rings. The SMILES string of the molecule is CC[C@]1(c2ccc(O)cc2)Oc2ccc(O)cc2C[C@@H]1C. The van der Waals surface area contributed by atoms with Crippen LogP contribution >= 0.6 is 0 Å². The predicted molar refractivity (Wildman–Crippen MR) is 81.7 cm³/mol. The summed E-state index contributed by atoms with van der Waals surface area (Å²) in [6, 6.07) is 12.5. The summed E-state index contributed by atoms with van der Waals surface area (Å²) in [6.07, 6.45) is 1.71. The van der Waals surface area contributed by atoms with E-state index in [1.165, 1.54) is 0 Å². The Morgan fingerprint density at radius 2 is 1.76 bits per heavy atom. The zero-order chi connectivity index (χ0) is 15.0. The van der Waals surface area contributed by atoms with Crippen molar-refractivity contribution in [1.82, 2.24) is 0 Å². The van der Waals surface area contributed by atoms with Crippen LogP contribution in [-0.2, 0) is 12.0 Å². The Morgan fingerprint density at radius 3 is 2.43 bits per heavy atom. The summed E-state index contributed by atoms with van der Waals surface area (Å²) in [5.41, 5.74) is 1.73. The van der Waals surface area contributed by atoms with Gasteiger partial charge in [-0.05, 0) is 54.3 Å². The lowest BCUT2D eigenvalue weighted by molar-refractivity contribution is -0.00886. The maximum atomic E-state index is 9.63. The molecule has 3 nitrogen and oxygen atoms in total. The second kappa shape index (κ2) is 4.99. The van der Waals surface area contributed by atoms with Gasteiger partial charge in [0.05, 0.1) is 0 Å². The first-order chi connectivity index (χ1) is 10.0. The molecule has 0 aliphatic carbocycles. The van der Waals surface area contributed by atoms with Gasteiger partial charge < -0.3 is 14.9 Å². The van der Waals surface area contributed by atoms with Gasteiger partial charge in [0.2, 0.25) is 0 Å². The minimum Gasteiger partial charge on any atom is -0.508 e. The number of fused-ring (bicyclic) bond motifs is 1. The zero-order valence-corrected chi connectivity index (χ0v) is 12.3. The Kier molecular flexibility index (Phi) is 3.28. The Balaban J connectivity index is 2.06. The van der Waals surface area contributed by atoms with E-state index in [2.05, 4.69) is 13.8 Å². The first-order valence-electron chi connectivity index (χ1n) is 7.35.